The molecule has 98 valence electrons. The molecule has 18 heavy (non-hydrogen) atoms. The highest BCUT2D eigenvalue weighted by atomic mass is 16.8. The van der Waals surface area contributed by atoms with Crippen molar-refractivity contribution in [2.75, 3.05) is 19.8 Å². The van der Waals surface area contributed by atoms with Gasteiger partial charge < -0.3 is 14.0 Å². The summed E-state index contributed by atoms with van der Waals surface area (Å²) in [6.07, 6.45) is 0. The van der Waals surface area contributed by atoms with Crippen LogP contribution in [0.1, 0.15) is 23.6 Å². The van der Waals surface area contributed by atoms with Crippen molar-refractivity contribution in [1.29, 1.82) is 0 Å². The van der Waals surface area contributed by atoms with Gasteiger partial charge in [0.15, 0.2) is 0 Å². The van der Waals surface area contributed by atoms with Crippen molar-refractivity contribution in [2.45, 2.75) is 27.7 Å². The van der Waals surface area contributed by atoms with Crippen molar-refractivity contribution in [3.05, 3.63) is 28.8 Å². The van der Waals surface area contributed by atoms with Gasteiger partial charge in [0.05, 0.1) is 0 Å². The van der Waals surface area contributed by atoms with Crippen LogP contribution >= 0.6 is 0 Å². The SMILES string of the molecule is Cc1cc(C)c([B-]23OCC(C)(CO2)CO3)c(C)c1. The maximum absolute atomic E-state index is 5.97. The van der Waals surface area contributed by atoms with E-state index in [4.69, 9.17) is 14.0 Å². The van der Waals surface area contributed by atoms with Crippen LogP contribution in [0.4, 0.5) is 0 Å². The Hall–Kier alpha value is -0.835. The topological polar surface area (TPSA) is 27.7 Å². The smallest absolute Gasteiger partial charge is 0.410 e. The maximum Gasteiger partial charge on any atom is 0.410 e. The summed E-state index contributed by atoms with van der Waals surface area (Å²) in [6, 6.07) is 4.33. The van der Waals surface area contributed by atoms with Gasteiger partial charge in [0.2, 0.25) is 0 Å². The molecule has 3 saturated heterocycles. The van der Waals surface area contributed by atoms with Crippen molar-refractivity contribution in [3.63, 3.8) is 0 Å². The Morgan fingerprint density at radius 2 is 1.39 bits per heavy atom. The second-order valence-corrected chi connectivity index (χ2v) is 6.20. The van der Waals surface area contributed by atoms with Gasteiger partial charge in [-0.1, -0.05) is 35.7 Å². The molecule has 0 saturated carbocycles. The van der Waals surface area contributed by atoms with Gasteiger partial charge in [-0.3, -0.25) is 0 Å². The molecule has 0 aromatic heterocycles. The molecule has 4 heteroatoms. The van der Waals surface area contributed by atoms with Crippen LogP contribution in [0.25, 0.3) is 0 Å². The molecule has 4 rings (SSSR count). The first-order valence-electron chi connectivity index (χ1n) is 6.58. The molecule has 3 nitrogen and oxygen atoms in total. The summed E-state index contributed by atoms with van der Waals surface area (Å²) in [5, 5.41) is 0. The zero-order valence-electron chi connectivity index (χ0n) is 11.6. The molecular weight excluding hydrogens is 227 g/mol. The van der Waals surface area contributed by atoms with E-state index < -0.39 is 6.75 Å². The number of rotatable bonds is 1. The molecule has 0 spiro atoms. The van der Waals surface area contributed by atoms with Crippen LogP contribution in [-0.2, 0) is 14.0 Å². The Morgan fingerprint density at radius 3 is 1.83 bits per heavy atom. The quantitative estimate of drug-likeness (QED) is 0.709. The molecule has 0 unspecified atom stereocenters. The van der Waals surface area contributed by atoms with Crippen molar-refractivity contribution >= 4 is 12.2 Å². The van der Waals surface area contributed by atoms with E-state index in [1.807, 2.05) is 0 Å². The molecule has 3 aliphatic rings. The van der Waals surface area contributed by atoms with E-state index >= 15 is 0 Å². The molecule has 1 aromatic carbocycles. The van der Waals surface area contributed by atoms with E-state index in [9.17, 15) is 0 Å². The minimum absolute atomic E-state index is 0.0238. The third kappa shape index (κ3) is 1.71. The fourth-order valence-corrected chi connectivity index (χ4v) is 3.20. The second kappa shape index (κ2) is 3.83. The van der Waals surface area contributed by atoms with E-state index in [1.165, 1.54) is 16.7 Å². The highest BCUT2D eigenvalue weighted by molar-refractivity contribution is 6.76. The van der Waals surface area contributed by atoms with Crippen molar-refractivity contribution in [3.8, 4) is 0 Å². The minimum Gasteiger partial charge on any atom is -0.540 e. The van der Waals surface area contributed by atoms with Gasteiger partial charge in [0.25, 0.3) is 0 Å². The standard InChI is InChI=1S/C14H20BO3/c1-10-5-11(2)13(12(3)6-10)15-16-7-14(4,8-17-15)9-18-15/h5-6H,7-9H2,1-4H3/q-1. The Bertz CT molecular complexity index is 450. The molecule has 0 radical (unpaired) electrons. The first kappa shape index (κ1) is 12.2. The van der Waals surface area contributed by atoms with Crippen LogP contribution in [0.2, 0.25) is 0 Å². The first-order chi connectivity index (χ1) is 8.44. The normalized spacial score (nSPS) is 34.9. The molecule has 3 aliphatic heterocycles. The van der Waals surface area contributed by atoms with E-state index in [0.29, 0.717) is 0 Å². The third-order valence-corrected chi connectivity index (χ3v) is 4.05. The van der Waals surface area contributed by atoms with Crippen LogP contribution in [0.3, 0.4) is 0 Å². The Morgan fingerprint density at radius 1 is 0.944 bits per heavy atom. The molecule has 0 aliphatic carbocycles. The lowest BCUT2D eigenvalue weighted by molar-refractivity contribution is -0.119. The van der Waals surface area contributed by atoms with E-state index in [0.717, 1.165) is 25.3 Å². The van der Waals surface area contributed by atoms with Gasteiger partial charge in [0, 0.05) is 25.2 Å². The first-order valence-corrected chi connectivity index (χ1v) is 6.58. The van der Waals surface area contributed by atoms with Crippen LogP contribution < -0.4 is 5.46 Å². The van der Waals surface area contributed by atoms with Crippen LogP contribution in [0, 0.1) is 26.2 Å². The summed E-state index contributed by atoms with van der Waals surface area (Å²) in [6.45, 7) is 8.90. The molecule has 0 amide bonds. The highest BCUT2D eigenvalue weighted by Gasteiger charge is 2.47. The fraction of sp³-hybridized carbons (Fsp3) is 0.571. The summed E-state index contributed by atoms with van der Waals surface area (Å²) < 4.78 is 17.9. The van der Waals surface area contributed by atoms with Gasteiger partial charge in [0.1, 0.15) is 0 Å². The van der Waals surface area contributed by atoms with Crippen molar-refractivity contribution in [1.82, 2.24) is 0 Å². The summed E-state index contributed by atoms with van der Waals surface area (Å²) in [7, 11) is 0. The Balaban J connectivity index is 2.06. The number of fused-ring (bicyclic) bond motifs is 3. The molecular formula is C14H20BO3-. The van der Waals surface area contributed by atoms with Crippen LogP contribution in [0.15, 0.2) is 12.1 Å². The predicted octanol–water partition coefficient (Wildman–Crippen LogP) is 1.84. The summed E-state index contributed by atoms with van der Waals surface area (Å²) in [5.41, 5.74) is 4.77. The lowest BCUT2D eigenvalue weighted by Crippen LogP contribution is -2.69. The third-order valence-electron chi connectivity index (χ3n) is 4.05. The van der Waals surface area contributed by atoms with Gasteiger partial charge >= 0.3 is 6.75 Å². The second-order valence-electron chi connectivity index (χ2n) is 6.20. The van der Waals surface area contributed by atoms with Gasteiger partial charge in [-0.2, -0.15) is 0 Å². The van der Waals surface area contributed by atoms with Gasteiger partial charge in [-0.15, -0.1) is 5.46 Å². The van der Waals surface area contributed by atoms with Crippen LogP contribution in [0.5, 0.6) is 0 Å². The van der Waals surface area contributed by atoms with Crippen molar-refractivity contribution < 1.29 is 14.0 Å². The van der Waals surface area contributed by atoms with Crippen molar-refractivity contribution in [2.24, 2.45) is 5.41 Å². The monoisotopic (exact) mass is 247 g/mol. The zero-order chi connectivity index (χ0) is 13.0. The summed E-state index contributed by atoms with van der Waals surface area (Å²) >= 11 is 0. The molecule has 0 atom stereocenters. The molecule has 0 N–H and O–H groups in total. The molecule has 3 fully saturated rings. The highest BCUT2D eigenvalue weighted by Crippen LogP contribution is 2.35. The number of aryl methyl sites for hydroxylation is 3. The maximum atomic E-state index is 5.97. The van der Waals surface area contributed by atoms with Gasteiger partial charge in [-0.25, -0.2) is 0 Å². The molecule has 3 heterocycles. The fourth-order valence-electron chi connectivity index (χ4n) is 3.20. The predicted molar refractivity (Wildman–Crippen MR) is 72.0 cm³/mol. The number of hydrogen-bond acceptors (Lipinski definition) is 3. The number of benzene rings is 1. The number of hydrogen-bond donors (Lipinski definition) is 0. The molecule has 2 bridgehead atoms. The van der Waals surface area contributed by atoms with Gasteiger partial charge in [-0.05, 0) is 20.8 Å². The van der Waals surface area contributed by atoms with E-state index in [2.05, 4.69) is 39.8 Å². The molecule has 1 aromatic rings. The largest absolute Gasteiger partial charge is 0.540 e. The lowest BCUT2D eigenvalue weighted by Gasteiger charge is -2.58. The van der Waals surface area contributed by atoms with E-state index in [-0.39, 0.29) is 5.41 Å². The minimum atomic E-state index is -1.72. The Kier molecular flexibility index (Phi) is 2.60. The average molecular weight is 247 g/mol. The Labute approximate surface area is 108 Å². The average Bonchev–Trinajstić information content (AvgIpc) is 2.29. The van der Waals surface area contributed by atoms with E-state index in [1.54, 1.807) is 0 Å². The zero-order valence-corrected chi connectivity index (χ0v) is 11.6. The lowest BCUT2D eigenvalue weighted by atomic mass is 9.61. The summed E-state index contributed by atoms with van der Waals surface area (Å²) in [5.74, 6) is 0. The summed E-state index contributed by atoms with van der Waals surface area (Å²) in [4.78, 5) is 0. The van der Waals surface area contributed by atoms with Crippen LogP contribution in [-0.4, -0.2) is 26.6 Å².